The topological polar surface area (TPSA) is 8.81 Å². The van der Waals surface area contributed by atoms with Gasteiger partial charge in [-0.1, -0.05) is 265 Å². The lowest BCUT2D eigenvalue weighted by Crippen LogP contribution is -2.37. The Kier molecular flexibility index (Phi) is 41.1. The normalized spacial score (nSPS) is 11.7. The Morgan fingerprint density at radius 2 is 0.574 bits per heavy atom. The van der Waals surface area contributed by atoms with Crippen molar-refractivity contribution in [2.24, 2.45) is 0 Å². The largest absolute Gasteiger partial charge is 0.256 e. The van der Waals surface area contributed by atoms with Gasteiger partial charge in [-0.3, -0.25) is 0 Å². The Hall–Kier alpha value is -0.790. The fraction of sp³-hybridized carbons (Fsp3) is 0.942. The molecule has 1 rings (SSSR count). The lowest BCUT2D eigenvalue weighted by Gasteiger charge is -2.07. The van der Waals surface area contributed by atoms with E-state index in [-0.39, 0.29) is 0 Å². The van der Waals surface area contributed by atoms with Crippen LogP contribution in [0, 0.1) is 0 Å². The van der Waals surface area contributed by atoms with E-state index in [0.29, 0.717) is 0 Å². The Balaban J connectivity index is 2.19. The van der Waals surface area contributed by atoms with Gasteiger partial charge in [0.2, 0.25) is 0 Å². The molecule has 54 heavy (non-hydrogen) atoms. The van der Waals surface area contributed by atoms with Crippen molar-refractivity contribution in [1.82, 2.24) is 4.57 Å². The number of nitrogens with zero attached hydrogens (tertiary/aromatic N) is 2. The lowest BCUT2D eigenvalue weighted by atomic mass is 10.0. The van der Waals surface area contributed by atoms with Crippen LogP contribution in [0.3, 0.4) is 0 Å². The average Bonchev–Trinajstić information content (AvgIpc) is 3.57. The second-order valence-electron chi connectivity index (χ2n) is 18.0. The first kappa shape index (κ1) is 51.2. The zero-order valence-electron chi connectivity index (χ0n) is 38.1. The van der Waals surface area contributed by atoms with E-state index in [4.69, 9.17) is 0 Å². The van der Waals surface area contributed by atoms with Crippen LogP contribution in [0.15, 0.2) is 12.4 Å². The molecular weight excluding hydrogens is 653 g/mol. The van der Waals surface area contributed by atoms with Crippen LogP contribution in [0.1, 0.15) is 303 Å². The monoisotopic (exact) mass is 756 g/mol. The van der Waals surface area contributed by atoms with E-state index in [2.05, 4.69) is 42.3 Å². The molecule has 0 saturated heterocycles. The zero-order chi connectivity index (χ0) is 38.7. The highest BCUT2D eigenvalue weighted by Crippen LogP contribution is 2.17. The SMILES string of the molecule is CCCCCCCCCCCCCCCCCCCn1cc[n+](CCCCCCCCCCCCCCCCCCC)c1CCCCCCCCCCC. The summed E-state index contributed by atoms with van der Waals surface area (Å²) >= 11 is 0. The molecule has 2 nitrogen and oxygen atoms in total. The molecule has 0 bridgehead atoms. The first-order chi connectivity index (χ1) is 26.8. The average molecular weight is 756 g/mol. The molecular formula is C52H103N2+. The van der Waals surface area contributed by atoms with Crippen LogP contribution >= 0.6 is 0 Å². The van der Waals surface area contributed by atoms with Crippen LogP contribution < -0.4 is 4.57 Å². The van der Waals surface area contributed by atoms with Crippen molar-refractivity contribution in [2.75, 3.05) is 0 Å². The maximum atomic E-state index is 2.66. The van der Waals surface area contributed by atoms with Gasteiger partial charge in [0.15, 0.2) is 0 Å². The highest BCUT2D eigenvalue weighted by atomic mass is 15.1. The summed E-state index contributed by atoms with van der Waals surface area (Å²) in [5, 5.41) is 0. The number of hydrogen-bond donors (Lipinski definition) is 0. The minimum absolute atomic E-state index is 1.23. The number of aromatic nitrogens is 2. The highest BCUT2D eigenvalue weighted by molar-refractivity contribution is 4.84. The summed E-state index contributed by atoms with van der Waals surface area (Å²) < 4.78 is 5.31. The van der Waals surface area contributed by atoms with Crippen molar-refractivity contribution in [3.05, 3.63) is 18.2 Å². The van der Waals surface area contributed by atoms with Crippen LogP contribution in [0.2, 0.25) is 0 Å². The van der Waals surface area contributed by atoms with Crippen LogP contribution in [-0.2, 0) is 19.5 Å². The molecule has 0 fully saturated rings. The van der Waals surface area contributed by atoms with E-state index in [1.807, 2.05) is 0 Å². The molecule has 0 aliphatic rings. The predicted octanol–water partition coefficient (Wildman–Crippen LogP) is 18.2. The van der Waals surface area contributed by atoms with Crippen LogP contribution in [0.25, 0.3) is 0 Å². The van der Waals surface area contributed by atoms with Crippen molar-refractivity contribution in [2.45, 2.75) is 316 Å². The zero-order valence-corrected chi connectivity index (χ0v) is 38.1. The van der Waals surface area contributed by atoms with Gasteiger partial charge in [-0.2, -0.15) is 0 Å². The summed E-state index contributed by atoms with van der Waals surface area (Å²) in [7, 11) is 0. The number of aryl methyl sites for hydroxylation is 2. The van der Waals surface area contributed by atoms with Crippen molar-refractivity contribution < 1.29 is 4.57 Å². The van der Waals surface area contributed by atoms with Crippen LogP contribution in [-0.4, -0.2) is 4.57 Å². The van der Waals surface area contributed by atoms with Gasteiger partial charge in [-0.25, -0.2) is 9.13 Å². The van der Waals surface area contributed by atoms with Gasteiger partial charge >= 0.3 is 0 Å². The maximum absolute atomic E-state index is 2.66. The van der Waals surface area contributed by atoms with Gasteiger partial charge < -0.3 is 0 Å². The molecule has 0 aliphatic heterocycles. The second kappa shape index (κ2) is 43.3. The fourth-order valence-corrected chi connectivity index (χ4v) is 8.80. The summed E-state index contributed by atoms with van der Waals surface area (Å²) in [6.45, 7) is 9.42. The van der Waals surface area contributed by atoms with E-state index in [9.17, 15) is 0 Å². The van der Waals surface area contributed by atoms with Gasteiger partial charge in [0.1, 0.15) is 12.4 Å². The number of imidazole rings is 1. The predicted molar refractivity (Wildman–Crippen MR) is 244 cm³/mol. The summed E-state index contributed by atoms with van der Waals surface area (Å²) in [6.07, 6.45) is 68.3. The van der Waals surface area contributed by atoms with Crippen LogP contribution in [0.4, 0.5) is 0 Å². The van der Waals surface area contributed by atoms with Crippen molar-refractivity contribution in [1.29, 1.82) is 0 Å². The van der Waals surface area contributed by atoms with E-state index in [1.54, 1.807) is 5.82 Å². The Morgan fingerprint density at radius 3 is 0.889 bits per heavy atom. The standard InChI is InChI=1S/C52H103N2/c1-4-7-10-13-16-19-21-23-25-27-29-31-33-36-39-42-45-48-53-50-51-54(52(53)47-44-41-38-35-18-15-12-9-6-3)49-46-43-40-37-34-32-30-28-26-24-22-20-17-14-11-8-5-2/h50-51H,4-49H2,1-3H3/q+1. The molecule has 0 radical (unpaired) electrons. The van der Waals surface area contributed by atoms with Gasteiger partial charge in [0.05, 0.1) is 13.1 Å². The second-order valence-corrected chi connectivity index (χ2v) is 18.0. The Labute approximate surface area is 342 Å². The third-order valence-corrected chi connectivity index (χ3v) is 12.6. The molecule has 0 atom stereocenters. The molecule has 0 N–H and O–H groups in total. The molecule has 2 heteroatoms. The quantitative estimate of drug-likeness (QED) is 0.0463. The summed E-state index contributed by atoms with van der Waals surface area (Å²) in [5.41, 5.74) is 0. The van der Waals surface area contributed by atoms with Gasteiger partial charge in [-0.15, -0.1) is 0 Å². The Morgan fingerprint density at radius 1 is 0.315 bits per heavy atom. The first-order valence-corrected chi connectivity index (χ1v) is 25.9. The van der Waals surface area contributed by atoms with Gasteiger partial charge in [-0.05, 0) is 32.1 Å². The molecule has 0 saturated carbocycles. The fourth-order valence-electron chi connectivity index (χ4n) is 8.80. The summed E-state index contributed by atoms with van der Waals surface area (Å²) in [5.74, 6) is 1.63. The molecule has 0 unspecified atom stereocenters. The van der Waals surface area contributed by atoms with Gasteiger partial charge in [0, 0.05) is 6.42 Å². The lowest BCUT2D eigenvalue weighted by molar-refractivity contribution is -0.704. The van der Waals surface area contributed by atoms with Gasteiger partial charge in [0.25, 0.3) is 5.82 Å². The van der Waals surface area contributed by atoms with Crippen molar-refractivity contribution in [3.63, 3.8) is 0 Å². The minimum atomic E-state index is 1.23. The minimum Gasteiger partial charge on any atom is -0.234 e. The highest BCUT2D eigenvalue weighted by Gasteiger charge is 2.16. The molecule has 1 heterocycles. The molecule has 0 aromatic carbocycles. The van der Waals surface area contributed by atoms with Crippen LogP contribution in [0.5, 0.6) is 0 Å². The van der Waals surface area contributed by atoms with E-state index in [0.717, 1.165) is 0 Å². The third kappa shape index (κ3) is 34.5. The Bertz CT molecular complexity index is 771. The van der Waals surface area contributed by atoms with Crippen molar-refractivity contribution >= 4 is 0 Å². The molecule has 1 aromatic heterocycles. The molecule has 0 aliphatic carbocycles. The van der Waals surface area contributed by atoms with Crippen molar-refractivity contribution in [3.8, 4) is 0 Å². The summed E-state index contributed by atoms with van der Waals surface area (Å²) in [4.78, 5) is 0. The number of unbranched alkanes of at least 4 members (excludes halogenated alkanes) is 40. The number of rotatable bonds is 46. The molecule has 0 spiro atoms. The number of hydrogen-bond acceptors (Lipinski definition) is 0. The first-order valence-electron chi connectivity index (χ1n) is 25.9. The van der Waals surface area contributed by atoms with E-state index >= 15 is 0 Å². The molecule has 320 valence electrons. The van der Waals surface area contributed by atoms with E-state index in [1.165, 1.54) is 296 Å². The molecule has 0 amide bonds. The molecule has 1 aromatic rings. The smallest absolute Gasteiger partial charge is 0.234 e. The van der Waals surface area contributed by atoms with E-state index < -0.39 is 0 Å². The maximum Gasteiger partial charge on any atom is 0.256 e. The third-order valence-electron chi connectivity index (χ3n) is 12.6. The summed E-state index contributed by atoms with van der Waals surface area (Å²) in [6, 6.07) is 0.